The molecule has 0 saturated carbocycles. The molecule has 22 heavy (non-hydrogen) atoms. The third-order valence-corrected chi connectivity index (χ3v) is 3.16. The zero-order valence-corrected chi connectivity index (χ0v) is 13.8. The van der Waals surface area contributed by atoms with Gasteiger partial charge in [-0.05, 0) is 30.0 Å². The number of benzene rings is 1. The van der Waals surface area contributed by atoms with Crippen LogP contribution in [0, 0.1) is 18.7 Å². The van der Waals surface area contributed by atoms with Crippen LogP contribution in [0.25, 0.3) is 0 Å². The predicted molar refractivity (Wildman–Crippen MR) is 86.1 cm³/mol. The van der Waals surface area contributed by atoms with Crippen molar-refractivity contribution in [2.45, 2.75) is 33.4 Å². The number of halogens is 2. The van der Waals surface area contributed by atoms with Gasteiger partial charge in [0, 0.05) is 6.54 Å². The molecule has 0 fully saturated rings. The zero-order chi connectivity index (χ0) is 16.0. The van der Waals surface area contributed by atoms with Gasteiger partial charge in [-0.1, -0.05) is 26.0 Å². The molecule has 0 aliphatic carbocycles. The molecule has 2 amide bonds. The summed E-state index contributed by atoms with van der Waals surface area (Å²) in [6.45, 7) is 5.49. The summed E-state index contributed by atoms with van der Waals surface area (Å²) in [4.78, 5) is 23.2. The molecular weight excluding hydrogens is 309 g/mol. The maximum absolute atomic E-state index is 13.1. The highest BCUT2D eigenvalue weighted by atomic mass is 35.5. The minimum atomic E-state index is -0.627. The fraction of sp³-hybridized carbons (Fsp3) is 0.467. The molecule has 0 heterocycles. The summed E-state index contributed by atoms with van der Waals surface area (Å²) in [6, 6.07) is 4.01. The molecule has 1 aromatic carbocycles. The third kappa shape index (κ3) is 6.41. The Labute approximate surface area is 136 Å². The zero-order valence-electron chi connectivity index (χ0n) is 13.0. The van der Waals surface area contributed by atoms with Crippen LogP contribution in [0.2, 0.25) is 0 Å². The average molecular weight is 332 g/mol. The highest BCUT2D eigenvalue weighted by Crippen LogP contribution is 2.08. The van der Waals surface area contributed by atoms with Gasteiger partial charge in [-0.2, -0.15) is 0 Å². The van der Waals surface area contributed by atoms with Gasteiger partial charge in [0.2, 0.25) is 11.8 Å². The quantitative estimate of drug-likeness (QED) is 0.734. The van der Waals surface area contributed by atoms with Crippen molar-refractivity contribution in [1.29, 1.82) is 0 Å². The summed E-state index contributed by atoms with van der Waals surface area (Å²) in [7, 11) is 0. The molecule has 0 bridgehead atoms. The lowest BCUT2D eigenvalue weighted by molar-refractivity contribution is -0.127. The van der Waals surface area contributed by atoms with E-state index in [1.54, 1.807) is 19.1 Å². The molecule has 4 N–H and O–H groups in total. The molecule has 0 aromatic heterocycles. The van der Waals surface area contributed by atoms with Gasteiger partial charge in [-0.15, -0.1) is 12.4 Å². The van der Waals surface area contributed by atoms with Gasteiger partial charge < -0.3 is 16.4 Å². The maximum atomic E-state index is 13.1. The Hall–Kier alpha value is -1.66. The normalized spacial score (nSPS) is 11.5. The Balaban J connectivity index is 0.00000441. The predicted octanol–water partition coefficient (Wildman–Crippen LogP) is 1.27. The van der Waals surface area contributed by atoms with E-state index in [-0.39, 0.29) is 49.0 Å². The van der Waals surface area contributed by atoms with Crippen molar-refractivity contribution in [3.63, 3.8) is 0 Å². The molecular formula is C15H23ClFN3O2. The van der Waals surface area contributed by atoms with E-state index >= 15 is 0 Å². The average Bonchev–Trinajstić information content (AvgIpc) is 2.44. The van der Waals surface area contributed by atoms with Crippen LogP contribution in [-0.2, 0) is 16.1 Å². The standard InChI is InChI=1S/C15H22FN3O2.ClH/c1-9(2)14(17)15(21)19-8-13(20)18-7-11-4-5-12(16)10(3)6-11;/h4-6,9,14H,7-8,17H2,1-3H3,(H,18,20)(H,19,21);1H/t14-;/m0./s1. The maximum Gasteiger partial charge on any atom is 0.239 e. The van der Waals surface area contributed by atoms with E-state index < -0.39 is 6.04 Å². The number of hydrogen-bond acceptors (Lipinski definition) is 3. The van der Waals surface area contributed by atoms with Crippen LogP contribution in [0.1, 0.15) is 25.0 Å². The fourth-order valence-electron chi connectivity index (χ4n) is 1.67. The second-order valence-electron chi connectivity index (χ2n) is 5.35. The van der Waals surface area contributed by atoms with Crippen molar-refractivity contribution in [1.82, 2.24) is 10.6 Å². The van der Waals surface area contributed by atoms with Crippen LogP contribution in [0.3, 0.4) is 0 Å². The molecule has 124 valence electrons. The molecule has 0 spiro atoms. The Bertz CT molecular complexity index is 524. The summed E-state index contributed by atoms with van der Waals surface area (Å²) < 4.78 is 13.1. The van der Waals surface area contributed by atoms with Crippen molar-refractivity contribution in [3.05, 3.63) is 35.1 Å². The number of carbonyl (C=O) groups is 2. The number of aryl methyl sites for hydroxylation is 1. The van der Waals surface area contributed by atoms with E-state index in [0.29, 0.717) is 5.56 Å². The van der Waals surface area contributed by atoms with E-state index in [4.69, 9.17) is 5.73 Å². The lowest BCUT2D eigenvalue weighted by Gasteiger charge is -2.15. The Morgan fingerprint density at radius 2 is 1.91 bits per heavy atom. The second kappa shape index (κ2) is 9.38. The molecule has 1 atom stereocenters. The number of nitrogens with one attached hydrogen (secondary N) is 2. The molecule has 0 saturated heterocycles. The van der Waals surface area contributed by atoms with Crippen molar-refractivity contribution in [2.75, 3.05) is 6.54 Å². The van der Waals surface area contributed by atoms with Crippen molar-refractivity contribution in [3.8, 4) is 0 Å². The summed E-state index contributed by atoms with van der Waals surface area (Å²) in [5.74, 6) is -0.936. The lowest BCUT2D eigenvalue weighted by Crippen LogP contribution is -2.47. The molecule has 0 aliphatic rings. The molecule has 0 unspecified atom stereocenters. The van der Waals surface area contributed by atoms with Gasteiger partial charge >= 0.3 is 0 Å². The third-order valence-electron chi connectivity index (χ3n) is 3.16. The van der Waals surface area contributed by atoms with Gasteiger partial charge in [-0.25, -0.2) is 4.39 Å². The van der Waals surface area contributed by atoms with E-state index in [9.17, 15) is 14.0 Å². The Morgan fingerprint density at radius 1 is 1.27 bits per heavy atom. The largest absolute Gasteiger partial charge is 0.350 e. The van der Waals surface area contributed by atoms with Crippen LogP contribution in [0.15, 0.2) is 18.2 Å². The number of nitrogens with two attached hydrogens (primary N) is 1. The van der Waals surface area contributed by atoms with E-state index in [0.717, 1.165) is 5.56 Å². The Kier molecular flexibility index (Phi) is 8.67. The monoisotopic (exact) mass is 331 g/mol. The van der Waals surface area contributed by atoms with Crippen molar-refractivity contribution < 1.29 is 14.0 Å². The molecule has 0 radical (unpaired) electrons. The van der Waals surface area contributed by atoms with E-state index in [1.807, 2.05) is 13.8 Å². The van der Waals surface area contributed by atoms with Crippen LogP contribution >= 0.6 is 12.4 Å². The number of hydrogen-bond donors (Lipinski definition) is 3. The minimum Gasteiger partial charge on any atom is -0.350 e. The first kappa shape index (κ1) is 20.3. The topological polar surface area (TPSA) is 84.2 Å². The van der Waals surface area contributed by atoms with Gasteiger partial charge in [0.25, 0.3) is 0 Å². The molecule has 1 rings (SSSR count). The number of rotatable bonds is 6. The number of carbonyl (C=O) groups excluding carboxylic acids is 2. The first-order chi connectivity index (χ1) is 9.81. The Morgan fingerprint density at radius 3 is 2.45 bits per heavy atom. The van der Waals surface area contributed by atoms with Crippen LogP contribution in [0.4, 0.5) is 4.39 Å². The fourth-order valence-corrected chi connectivity index (χ4v) is 1.67. The summed E-state index contributed by atoms with van der Waals surface area (Å²) in [5.41, 5.74) is 6.99. The van der Waals surface area contributed by atoms with Gasteiger partial charge in [0.15, 0.2) is 0 Å². The van der Waals surface area contributed by atoms with E-state index in [2.05, 4.69) is 10.6 Å². The SMILES string of the molecule is Cc1cc(CNC(=O)CNC(=O)[C@@H](N)C(C)C)ccc1F.Cl. The molecule has 7 heteroatoms. The first-order valence-corrected chi connectivity index (χ1v) is 6.86. The summed E-state index contributed by atoms with van der Waals surface area (Å²) in [6.07, 6.45) is 0. The van der Waals surface area contributed by atoms with Gasteiger partial charge in [0.1, 0.15) is 5.82 Å². The first-order valence-electron chi connectivity index (χ1n) is 6.86. The smallest absolute Gasteiger partial charge is 0.239 e. The highest BCUT2D eigenvalue weighted by molar-refractivity contribution is 5.87. The van der Waals surface area contributed by atoms with Crippen molar-refractivity contribution >= 4 is 24.2 Å². The molecule has 1 aromatic rings. The van der Waals surface area contributed by atoms with Gasteiger partial charge in [-0.3, -0.25) is 9.59 Å². The second-order valence-corrected chi connectivity index (χ2v) is 5.35. The van der Waals surface area contributed by atoms with Crippen LogP contribution < -0.4 is 16.4 Å². The summed E-state index contributed by atoms with van der Waals surface area (Å²) in [5, 5.41) is 5.14. The lowest BCUT2D eigenvalue weighted by atomic mass is 10.1. The highest BCUT2D eigenvalue weighted by Gasteiger charge is 2.17. The van der Waals surface area contributed by atoms with E-state index in [1.165, 1.54) is 6.07 Å². The molecule has 5 nitrogen and oxygen atoms in total. The van der Waals surface area contributed by atoms with Crippen molar-refractivity contribution in [2.24, 2.45) is 11.7 Å². The summed E-state index contributed by atoms with van der Waals surface area (Å²) >= 11 is 0. The number of amides is 2. The van der Waals surface area contributed by atoms with Gasteiger partial charge in [0.05, 0.1) is 12.6 Å². The van der Waals surface area contributed by atoms with Crippen LogP contribution in [0.5, 0.6) is 0 Å². The molecule has 0 aliphatic heterocycles. The van der Waals surface area contributed by atoms with Crippen LogP contribution in [-0.4, -0.2) is 24.4 Å². The minimum absolute atomic E-state index is 0.